The van der Waals surface area contributed by atoms with Crippen molar-refractivity contribution in [1.29, 1.82) is 0 Å². The van der Waals surface area contributed by atoms with Gasteiger partial charge in [-0.2, -0.15) is 0 Å². The first-order valence-corrected chi connectivity index (χ1v) is 8.96. The molecular weight excluding hydrogens is 322 g/mol. The van der Waals surface area contributed by atoms with Gasteiger partial charge in [0.1, 0.15) is 11.4 Å². The molecule has 1 amide bonds. The first kappa shape index (κ1) is 16.8. The van der Waals surface area contributed by atoms with E-state index in [1.807, 2.05) is 45.2 Å². The van der Waals surface area contributed by atoms with Crippen LogP contribution in [0.1, 0.15) is 50.4 Å². The average Bonchev–Trinajstić information content (AvgIpc) is 3.23. The number of thiophene rings is 1. The molecule has 2 aromatic heterocycles. The SMILES string of the molecule is C=Cc1ccc(-c2c[nH]c([C@@H]3CCCN3C(=O)OC(C)(C)C)n2)s1. The van der Waals surface area contributed by atoms with Crippen molar-refractivity contribution < 1.29 is 9.53 Å². The summed E-state index contributed by atoms with van der Waals surface area (Å²) < 4.78 is 5.52. The maximum absolute atomic E-state index is 12.4. The predicted molar refractivity (Wildman–Crippen MR) is 96.9 cm³/mol. The van der Waals surface area contributed by atoms with Gasteiger partial charge in [0.25, 0.3) is 0 Å². The summed E-state index contributed by atoms with van der Waals surface area (Å²) in [4.78, 5) is 24.4. The van der Waals surface area contributed by atoms with Gasteiger partial charge in [-0.15, -0.1) is 11.3 Å². The average molecular weight is 345 g/mol. The highest BCUT2D eigenvalue weighted by atomic mass is 32.1. The molecular formula is C18H23N3O2S. The molecule has 3 rings (SSSR count). The molecule has 24 heavy (non-hydrogen) atoms. The van der Waals surface area contributed by atoms with Gasteiger partial charge < -0.3 is 9.72 Å². The van der Waals surface area contributed by atoms with Crippen LogP contribution in [0.15, 0.2) is 24.9 Å². The lowest BCUT2D eigenvalue weighted by molar-refractivity contribution is 0.0219. The molecule has 1 aliphatic heterocycles. The zero-order valence-corrected chi connectivity index (χ0v) is 15.2. The fraction of sp³-hybridized carbons (Fsp3) is 0.444. The molecule has 0 unspecified atom stereocenters. The van der Waals surface area contributed by atoms with Gasteiger partial charge in [0.2, 0.25) is 0 Å². The minimum Gasteiger partial charge on any atom is -0.444 e. The number of likely N-dealkylation sites (tertiary alicyclic amines) is 1. The van der Waals surface area contributed by atoms with Crippen LogP contribution in [-0.2, 0) is 4.74 Å². The monoisotopic (exact) mass is 345 g/mol. The van der Waals surface area contributed by atoms with Crippen LogP contribution in [0.3, 0.4) is 0 Å². The Bertz CT molecular complexity index is 742. The van der Waals surface area contributed by atoms with E-state index in [0.717, 1.165) is 34.1 Å². The Morgan fingerprint density at radius 1 is 1.50 bits per heavy atom. The van der Waals surface area contributed by atoms with Gasteiger partial charge in [-0.25, -0.2) is 9.78 Å². The lowest BCUT2D eigenvalue weighted by atomic mass is 10.2. The molecule has 1 N–H and O–H groups in total. The van der Waals surface area contributed by atoms with E-state index < -0.39 is 5.60 Å². The third-order valence-electron chi connectivity index (χ3n) is 3.87. The van der Waals surface area contributed by atoms with Gasteiger partial charge in [0.15, 0.2) is 0 Å². The van der Waals surface area contributed by atoms with E-state index in [1.54, 1.807) is 16.2 Å². The zero-order valence-electron chi connectivity index (χ0n) is 14.3. The number of amides is 1. The molecule has 5 nitrogen and oxygen atoms in total. The number of carbonyl (C=O) groups is 1. The largest absolute Gasteiger partial charge is 0.444 e. The summed E-state index contributed by atoms with van der Waals surface area (Å²) in [6, 6.07) is 4.03. The maximum Gasteiger partial charge on any atom is 0.410 e. The number of aromatic nitrogens is 2. The molecule has 0 spiro atoms. The number of nitrogens with one attached hydrogen (secondary N) is 1. The van der Waals surface area contributed by atoms with Crippen molar-refractivity contribution in [2.75, 3.05) is 6.54 Å². The van der Waals surface area contributed by atoms with Crippen LogP contribution in [-0.4, -0.2) is 33.1 Å². The van der Waals surface area contributed by atoms with E-state index in [2.05, 4.69) is 11.6 Å². The number of aromatic amines is 1. The predicted octanol–water partition coefficient (Wildman–Crippen LogP) is 4.85. The third kappa shape index (κ3) is 3.53. The van der Waals surface area contributed by atoms with Crippen molar-refractivity contribution in [2.45, 2.75) is 45.3 Å². The second-order valence-corrected chi connectivity index (χ2v) is 8.02. The molecule has 0 bridgehead atoms. The highest BCUT2D eigenvalue weighted by Crippen LogP contribution is 2.34. The highest BCUT2D eigenvalue weighted by molar-refractivity contribution is 7.16. The van der Waals surface area contributed by atoms with Crippen LogP contribution in [0.2, 0.25) is 0 Å². The number of ether oxygens (including phenoxy) is 1. The van der Waals surface area contributed by atoms with Crippen LogP contribution in [0.4, 0.5) is 4.79 Å². The molecule has 128 valence electrons. The lowest BCUT2D eigenvalue weighted by Crippen LogP contribution is -2.36. The number of nitrogens with zero attached hydrogens (tertiary/aromatic N) is 2. The fourth-order valence-electron chi connectivity index (χ4n) is 2.82. The van der Waals surface area contributed by atoms with Crippen LogP contribution in [0, 0.1) is 0 Å². The maximum atomic E-state index is 12.4. The van der Waals surface area contributed by atoms with Crippen molar-refractivity contribution in [3.8, 4) is 10.6 Å². The normalized spacial score (nSPS) is 18.0. The summed E-state index contributed by atoms with van der Waals surface area (Å²) in [7, 11) is 0. The summed E-state index contributed by atoms with van der Waals surface area (Å²) in [5.74, 6) is 0.821. The van der Waals surface area contributed by atoms with Gasteiger partial charge in [-0.1, -0.05) is 12.7 Å². The van der Waals surface area contributed by atoms with E-state index in [4.69, 9.17) is 9.72 Å². The van der Waals surface area contributed by atoms with Crippen LogP contribution in [0.25, 0.3) is 16.6 Å². The smallest absolute Gasteiger partial charge is 0.410 e. The molecule has 0 saturated carbocycles. The van der Waals surface area contributed by atoms with Crippen LogP contribution >= 0.6 is 11.3 Å². The Kier molecular flexibility index (Phi) is 4.49. The van der Waals surface area contributed by atoms with Crippen molar-refractivity contribution in [3.63, 3.8) is 0 Å². The zero-order chi connectivity index (χ0) is 17.3. The van der Waals surface area contributed by atoms with Gasteiger partial charge in [0, 0.05) is 17.6 Å². The second kappa shape index (κ2) is 6.43. The Morgan fingerprint density at radius 2 is 2.29 bits per heavy atom. The molecule has 0 aliphatic carbocycles. The molecule has 1 atom stereocenters. The Labute approximate surface area is 146 Å². The standard InChI is InChI=1S/C18H23N3O2S/c1-5-12-8-9-15(24-12)13-11-19-16(20-13)14-7-6-10-21(14)17(22)23-18(2,3)4/h5,8-9,11,14H,1,6-7,10H2,2-4H3,(H,19,20)/t14-/m0/s1. The number of hydrogen-bond donors (Lipinski definition) is 1. The number of imidazole rings is 1. The van der Waals surface area contributed by atoms with Gasteiger partial charge in [-0.3, -0.25) is 4.90 Å². The van der Waals surface area contributed by atoms with Gasteiger partial charge >= 0.3 is 6.09 Å². The van der Waals surface area contributed by atoms with E-state index >= 15 is 0 Å². The second-order valence-electron chi connectivity index (χ2n) is 6.91. The topological polar surface area (TPSA) is 58.2 Å². The van der Waals surface area contributed by atoms with Crippen molar-refractivity contribution in [3.05, 3.63) is 35.6 Å². The molecule has 1 saturated heterocycles. The number of hydrogen-bond acceptors (Lipinski definition) is 4. The molecule has 0 aromatic carbocycles. The van der Waals surface area contributed by atoms with Crippen molar-refractivity contribution in [1.82, 2.24) is 14.9 Å². The molecule has 1 fully saturated rings. The molecule has 2 aromatic rings. The molecule has 1 aliphatic rings. The van der Waals surface area contributed by atoms with E-state index in [0.29, 0.717) is 6.54 Å². The number of rotatable bonds is 3. The minimum atomic E-state index is -0.489. The van der Waals surface area contributed by atoms with Crippen molar-refractivity contribution in [2.24, 2.45) is 0 Å². The summed E-state index contributed by atoms with van der Waals surface area (Å²) in [5.41, 5.74) is 0.413. The summed E-state index contributed by atoms with van der Waals surface area (Å²) in [6.45, 7) is 10.1. The first-order valence-electron chi connectivity index (χ1n) is 8.15. The Morgan fingerprint density at radius 3 is 2.96 bits per heavy atom. The van der Waals surface area contributed by atoms with Gasteiger partial charge in [0.05, 0.1) is 16.6 Å². The van der Waals surface area contributed by atoms with Crippen LogP contribution < -0.4 is 0 Å². The quantitative estimate of drug-likeness (QED) is 0.865. The highest BCUT2D eigenvalue weighted by Gasteiger charge is 2.34. The molecule has 6 heteroatoms. The lowest BCUT2D eigenvalue weighted by Gasteiger charge is -2.27. The molecule has 3 heterocycles. The van der Waals surface area contributed by atoms with E-state index in [-0.39, 0.29) is 12.1 Å². The van der Waals surface area contributed by atoms with E-state index in [1.165, 1.54) is 0 Å². The Balaban J connectivity index is 1.78. The minimum absolute atomic E-state index is 0.0487. The van der Waals surface area contributed by atoms with Gasteiger partial charge in [-0.05, 0) is 45.7 Å². The summed E-state index contributed by atoms with van der Waals surface area (Å²) >= 11 is 1.65. The summed E-state index contributed by atoms with van der Waals surface area (Å²) in [5, 5.41) is 0. The molecule has 0 radical (unpaired) electrons. The van der Waals surface area contributed by atoms with E-state index in [9.17, 15) is 4.79 Å². The fourth-order valence-corrected chi connectivity index (χ4v) is 3.64. The third-order valence-corrected chi connectivity index (χ3v) is 4.98. The number of H-pyrrole nitrogens is 1. The summed E-state index contributed by atoms with van der Waals surface area (Å²) in [6.07, 6.45) is 5.32. The first-order chi connectivity index (χ1) is 11.4. The van der Waals surface area contributed by atoms with Crippen molar-refractivity contribution >= 4 is 23.5 Å². The number of carbonyl (C=O) groups excluding carboxylic acids is 1. The Hall–Kier alpha value is -2.08. The van der Waals surface area contributed by atoms with Crippen LogP contribution in [0.5, 0.6) is 0 Å².